The molecule has 0 unspecified atom stereocenters. The summed E-state index contributed by atoms with van der Waals surface area (Å²) in [7, 11) is 0. The fraction of sp³-hybridized carbons (Fsp3) is 0.167. The molecule has 0 amide bonds. The lowest BCUT2D eigenvalue weighted by molar-refractivity contribution is 0.188. The molecule has 1 aromatic carbocycles. The fourth-order valence-corrected chi connectivity index (χ4v) is 1.74. The molecule has 0 radical (unpaired) electrons. The minimum absolute atomic E-state index is 0.313. The quantitative estimate of drug-likeness (QED) is 0.752. The highest BCUT2D eigenvalue weighted by molar-refractivity contribution is 5.80. The van der Waals surface area contributed by atoms with Crippen LogP contribution in [0.15, 0.2) is 36.0 Å². The van der Waals surface area contributed by atoms with Crippen LogP contribution in [0, 0.1) is 0 Å². The second kappa shape index (κ2) is 3.85. The van der Waals surface area contributed by atoms with Crippen LogP contribution in [0.1, 0.15) is 17.5 Å². The monoisotopic (exact) mass is 207 g/mol. The van der Waals surface area contributed by atoms with Crippen molar-refractivity contribution in [2.45, 2.75) is 12.8 Å². The second-order valence-corrected chi connectivity index (χ2v) is 3.43. The maximum atomic E-state index is 12.5. The third kappa shape index (κ3) is 1.77. The van der Waals surface area contributed by atoms with Crippen molar-refractivity contribution in [1.29, 1.82) is 0 Å². The van der Waals surface area contributed by atoms with Gasteiger partial charge in [0.15, 0.2) is 0 Å². The lowest BCUT2D eigenvalue weighted by Crippen LogP contribution is -2.12. The Bertz CT molecular complexity index is 433. The number of alkyl halides is 2. The van der Waals surface area contributed by atoms with E-state index in [-0.39, 0.29) is 5.70 Å². The SMILES string of the molecule is NC(=C1CC=Cc2ccccc21)C(F)F. The fourth-order valence-electron chi connectivity index (χ4n) is 1.74. The molecule has 0 saturated carbocycles. The van der Waals surface area contributed by atoms with Crippen molar-refractivity contribution in [1.82, 2.24) is 0 Å². The first-order valence-electron chi connectivity index (χ1n) is 4.72. The molecule has 3 heteroatoms. The van der Waals surface area contributed by atoms with Crippen LogP contribution in [0.25, 0.3) is 11.6 Å². The summed E-state index contributed by atoms with van der Waals surface area (Å²) in [5, 5.41) is 0. The number of fused-ring (bicyclic) bond motifs is 1. The third-order valence-corrected chi connectivity index (χ3v) is 2.49. The molecule has 0 bridgehead atoms. The van der Waals surface area contributed by atoms with Crippen molar-refractivity contribution in [3.8, 4) is 0 Å². The third-order valence-electron chi connectivity index (χ3n) is 2.49. The van der Waals surface area contributed by atoms with Gasteiger partial charge in [-0.3, -0.25) is 0 Å². The van der Waals surface area contributed by atoms with Gasteiger partial charge in [-0.05, 0) is 23.1 Å². The Morgan fingerprint density at radius 3 is 2.73 bits per heavy atom. The summed E-state index contributed by atoms with van der Waals surface area (Å²) in [5.41, 5.74) is 7.40. The highest BCUT2D eigenvalue weighted by Crippen LogP contribution is 2.31. The second-order valence-electron chi connectivity index (χ2n) is 3.43. The summed E-state index contributed by atoms with van der Waals surface area (Å²) in [6.07, 6.45) is 1.68. The zero-order chi connectivity index (χ0) is 10.8. The lowest BCUT2D eigenvalue weighted by atomic mass is 9.91. The minimum Gasteiger partial charge on any atom is -0.397 e. The van der Waals surface area contributed by atoms with Gasteiger partial charge in [-0.25, -0.2) is 8.78 Å². The van der Waals surface area contributed by atoms with Crippen molar-refractivity contribution in [3.63, 3.8) is 0 Å². The first kappa shape index (κ1) is 9.90. The van der Waals surface area contributed by atoms with E-state index in [4.69, 9.17) is 5.73 Å². The van der Waals surface area contributed by atoms with Crippen LogP contribution in [0.3, 0.4) is 0 Å². The first-order chi connectivity index (χ1) is 7.20. The van der Waals surface area contributed by atoms with Gasteiger partial charge in [0.25, 0.3) is 6.43 Å². The van der Waals surface area contributed by atoms with Gasteiger partial charge in [0.05, 0.1) is 5.70 Å². The molecular weight excluding hydrogens is 196 g/mol. The molecular formula is C12H11F2N. The number of rotatable bonds is 1. The van der Waals surface area contributed by atoms with E-state index < -0.39 is 6.43 Å². The van der Waals surface area contributed by atoms with E-state index in [1.54, 1.807) is 0 Å². The Balaban J connectivity index is 2.56. The molecule has 1 aromatic rings. The van der Waals surface area contributed by atoms with Gasteiger partial charge < -0.3 is 5.73 Å². The molecule has 0 aliphatic heterocycles. The van der Waals surface area contributed by atoms with Crippen molar-refractivity contribution in [2.75, 3.05) is 0 Å². The first-order valence-corrected chi connectivity index (χ1v) is 4.72. The minimum atomic E-state index is -2.58. The summed E-state index contributed by atoms with van der Waals surface area (Å²) >= 11 is 0. The summed E-state index contributed by atoms with van der Waals surface area (Å²) < 4.78 is 25.0. The van der Waals surface area contributed by atoms with Crippen LogP contribution < -0.4 is 5.73 Å². The van der Waals surface area contributed by atoms with Gasteiger partial charge in [0.1, 0.15) is 0 Å². The summed E-state index contributed by atoms with van der Waals surface area (Å²) in [6.45, 7) is 0. The van der Waals surface area contributed by atoms with E-state index in [1.165, 1.54) is 0 Å². The number of benzene rings is 1. The zero-order valence-electron chi connectivity index (χ0n) is 8.08. The Kier molecular flexibility index (Phi) is 2.54. The number of halogens is 2. The predicted molar refractivity (Wildman–Crippen MR) is 57.2 cm³/mol. The van der Waals surface area contributed by atoms with E-state index in [0.29, 0.717) is 12.0 Å². The van der Waals surface area contributed by atoms with Crippen LogP contribution >= 0.6 is 0 Å². The van der Waals surface area contributed by atoms with Crippen LogP contribution in [0.5, 0.6) is 0 Å². The van der Waals surface area contributed by atoms with Gasteiger partial charge in [0, 0.05) is 0 Å². The number of allylic oxidation sites excluding steroid dienone is 3. The molecule has 2 rings (SSSR count). The molecule has 1 nitrogen and oxygen atoms in total. The van der Waals surface area contributed by atoms with Crippen molar-refractivity contribution in [3.05, 3.63) is 47.2 Å². The molecule has 0 saturated heterocycles. The Morgan fingerprint density at radius 1 is 1.27 bits per heavy atom. The van der Waals surface area contributed by atoms with E-state index >= 15 is 0 Å². The molecule has 78 valence electrons. The summed E-state index contributed by atoms with van der Waals surface area (Å²) in [5.74, 6) is 0. The van der Waals surface area contributed by atoms with Gasteiger partial charge in [-0.15, -0.1) is 0 Å². The predicted octanol–water partition coefficient (Wildman–Crippen LogP) is 3.04. The van der Waals surface area contributed by atoms with Crippen molar-refractivity contribution in [2.24, 2.45) is 5.73 Å². The molecule has 1 aliphatic carbocycles. The van der Waals surface area contributed by atoms with E-state index in [1.807, 2.05) is 36.4 Å². The van der Waals surface area contributed by atoms with E-state index in [9.17, 15) is 8.78 Å². The Morgan fingerprint density at radius 2 is 2.00 bits per heavy atom. The van der Waals surface area contributed by atoms with Crippen LogP contribution in [0.2, 0.25) is 0 Å². The topological polar surface area (TPSA) is 26.0 Å². The van der Waals surface area contributed by atoms with Crippen LogP contribution in [-0.4, -0.2) is 6.43 Å². The average Bonchev–Trinajstić information content (AvgIpc) is 2.27. The average molecular weight is 207 g/mol. The van der Waals surface area contributed by atoms with Gasteiger partial charge in [-0.1, -0.05) is 36.4 Å². The smallest absolute Gasteiger partial charge is 0.278 e. The number of hydrogen-bond donors (Lipinski definition) is 1. The van der Waals surface area contributed by atoms with E-state index in [2.05, 4.69) is 0 Å². The number of hydrogen-bond acceptors (Lipinski definition) is 1. The van der Waals surface area contributed by atoms with Gasteiger partial charge in [0.2, 0.25) is 0 Å². The molecule has 2 N–H and O–H groups in total. The van der Waals surface area contributed by atoms with Gasteiger partial charge >= 0.3 is 0 Å². The molecule has 0 fully saturated rings. The van der Waals surface area contributed by atoms with Crippen LogP contribution in [-0.2, 0) is 0 Å². The normalized spacial score (nSPS) is 17.8. The molecule has 15 heavy (non-hydrogen) atoms. The highest BCUT2D eigenvalue weighted by atomic mass is 19.3. The lowest BCUT2D eigenvalue weighted by Gasteiger charge is -2.16. The highest BCUT2D eigenvalue weighted by Gasteiger charge is 2.17. The molecule has 0 atom stereocenters. The Hall–Kier alpha value is -1.64. The van der Waals surface area contributed by atoms with E-state index in [0.717, 1.165) is 11.1 Å². The Labute approximate surface area is 86.9 Å². The van der Waals surface area contributed by atoms with Crippen molar-refractivity contribution < 1.29 is 8.78 Å². The summed E-state index contributed by atoms with van der Waals surface area (Å²) in [4.78, 5) is 0. The molecule has 0 aromatic heterocycles. The maximum Gasteiger partial charge on any atom is 0.278 e. The van der Waals surface area contributed by atoms with Crippen LogP contribution in [0.4, 0.5) is 8.78 Å². The van der Waals surface area contributed by atoms with Gasteiger partial charge in [-0.2, -0.15) is 0 Å². The largest absolute Gasteiger partial charge is 0.397 e. The van der Waals surface area contributed by atoms with Crippen molar-refractivity contribution >= 4 is 11.6 Å². The summed E-state index contributed by atoms with van der Waals surface area (Å²) in [6, 6.07) is 7.43. The number of nitrogens with two attached hydrogens (primary N) is 1. The maximum absolute atomic E-state index is 12.5. The molecule has 0 heterocycles. The molecule has 0 spiro atoms. The standard InChI is InChI=1S/C12H11F2N/c13-12(14)11(15)10-7-3-5-8-4-1-2-6-9(8)10/h1-6,12H,7,15H2. The zero-order valence-corrected chi connectivity index (χ0v) is 8.08. The molecule has 1 aliphatic rings.